The maximum absolute atomic E-state index is 13.3. The van der Waals surface area contributed by atoms with E-state index in [1.54, 1.807) is 11.8 Å². The van der Waals surface area contributed by atoms with Crippen LogP contribution in [-0.2, 0) is 14.8 Å². The Kier molecular flexibility index (Phi) is 10.4. The van der Waals surface area contributed by atoms with Crippen molar-refractivity contribution in [1.29, 1.82) is 0 Å². The smallest absolute Gasteiger partial charge is 0.404 e. The average Bonchev–Trinajstić information content (AvgIpc) is 2.79. The molecule has 0 bridgehead atoms. The molecule has 0 aromatic heterocycles. The first-order valence-corrected chi connectivity index (χ1v) is 13.5. The molecule has 210 valence electrons. The zero-order valence-corrected chi connectivity index (χ0v) is 22.4. The number of benzene rings is 1. The van der Waals surface area contributed by atoms with E-state index in [1.807, 2.05) is 18.6 Å². The van der Waals surface area contributed by atoms with Crippen LogP contribution in [0.1, 0.15) is 37.6 Å². The van der Waals surface area contributed by atoms with Gasteiger partial charge in [0.2, 0.25) is 10.0 Å². The highest BCUT2D eigenvalue weighted by Crippen LogP contribution is 2.28. The normalized spacial score (nSPS) is 21.8. The van der Waals surface area contributed by atoms with Crippen molar-refractivity contribution in [2.45, 2.75) is 45.5 Å². The summed E-state index contributed by atoms with van der Waals surface area (Å²) in [6, 6.07) is 2.97. The van der Waals surface area contributed by atoms with Crippen LogP contribution >= 0.6 is 0 Å². The van der Waals surface area contributed by atoms with E-state index >= 15 is 0 Å². The van der Waals surface area contributed by atoms with E-state index in [4.69, 9.17) is 9.47 Å². The van der Waals surface area contributed by atoms with Gasteiger partial charge in [0.05, 0.1) is 17.7 Å². The zero-order chi connectivity index (χ0) is 28.0. The van der Waals surface area contributed by atoms with E-state index in [-0.39, 0.29) is 42.1 Å². The number of likely N-dealkylation sites (N-methyl/N-ethyl adjacent to an activating group) is 1. The Balaban J connectivity index is 2.44. The van der Waals surface area contributed by atoms with Crippen molar-refractivity contribution in [3.8, 4) is 5.75 Å². The van der Waals surface area contributed by atoms with Crippen LogP contribution in [0.2, 0.25) is 0 Å². The molecule has 3 atom stereocenters. The Labute approximate surface area is 215 Å². The third-order valence-corrected chi connectivity index (χ3v) is 7.11. The molecule has 2 N–H and O–H groups in total. The molecule has 14 heteroatoms. The van der Waals surface area contributed by atoms with Crippen molar-refractivity contribution in [3.05, 3.63) is 23.8 Å². The standard InChI is InChI=1S/C23H35F3N4O6S/c1-6-9-27-22(32)30-11-15(2)20(35-5)12-29(4)21(31)18-10-17(7-8-19(18)36-13-16(30)3)28-37(33,34)14-23(24,25)26/h7-8,10,15-16,20,28H,6,9,11-14H2,1-5H3,(H,27,32)/t15-,16-,20-/m1/s1. The van der Waals surface area contributed by atoms with Crippen LogP contribution in [0.25, 0.3) is 0 Å². The van der Waals surface area contributed by atoms with Crippen molar-refractivity contribution >= 4 is 27.6 Å². The second-order valence-corrected chi connectivity index (χ2v) is 10.9. The van der Waals surface area contributed by atoms with Gasteiger partial charge in [-0.05, 0) is 31.5 Å². The molecule has 10 nitrogen and oxygen atoms in total. The SMILES string of the molecule is CCCNC(=O)N1C[C@@H](C)[C@H](OC)CN(C)C(=O)c2cc(NS(=O)(=O)CC(F)(F)F)ccc2OC[C@H]1C. The van der Waals surface area contributed by atoms with E-state index in [9.17, 15) is 31.2 Å². The fraction of sp³-hybridized carbons (Fsp3) is 0.652. The van der Waals surface area contributed by atoms with Crippen molar-refractivity contribution in [1.82, 2.24) is 15.1 Å². The van der Waals surface area contributed by atoms with Crippen LogP contribution in [0.15, 0.2) is 18.2 Å². The molecule has 1 heterocycles. The summed E-state index contributed by atoms with van der Waals surface area (Å²) >= 11 is 0. The van der Waals surface area contributed by atoms with Crippen molar-refractivity contribution < 1.29 is 40.7 Å². The summed E-state index contributed by atoms with van der Waals surface area (Å²) in [5.74, 6) is -2.68. The molecule has 1 aromatic rings. The lowest BCUT2D eigenvalue weighted by Crippen LogP contribution is -2.51. The molecule has 0 saturated carbocycles. The van der Waals surface area contributed by atoms with E-state index in [0.29, 0.717) is 13.1 Å². The minimum absolute atomic E-state index is 0.00700. The number of methoxy groups -OCH3 is 1. The van der Waals surface area contributed by atoms with Crippen LogP contribution in [-0.4, -0.2) is 94.6 Å². The largest absolute Gasteiger partial charge is 0.491 e. The number of halogens is 3. The monoisotopic (exact) mass is 552 g/mol. The third kappa shape index (κ3) is 8.95. The van der Waals surface area contributed by atoms with Crippen molar-refractivity contribution in [3.63, 3.8) is 0 Å². The van der Waals surface area contributed by atoms with Gasteiger partial charge >= 0.3 is 12.2 Å². The van der Waals surface area contributed by atoms with Crippen LogP contribution in [0.5, 0.6) is 5.75 Å². The number of anilines is 1. The number of hydrogen-bond donors (Lipinski definition) is 2. The van der Waals surface area contributed by atoms with Crippen LogP contribution in [0, 0.1) is 5.92 Å². The lowest BCUT2D eigenvalue weighted by atomic mass is 10.0. The topological polar surface area (TPSA) is 117 Å². The summed E-state index contributed by atoms with van der Waals surface area (Å²) in [6.45, 7) is 6.61. The van der Waals surface area contributed by atoms with Gasteiger partial charge in [0, 0.05) is 45.4 Å². The molecular formula is C23H35F3N4O6S. The number of carbonyl (C=O) groups is 2. The number of ether oxygens (including phenoxy) is 2. The van der Waals surface area contributed by atoms with Gasteiger partial charge in [0.25, 0.3) is 5.91 Å². The molecule has 0 aliphatic carbocycles. The summed E-state index contributed by atoms with van der Waals surface area (Å²) in [5, 5.41) is 2.86. The van der Waals surface area contributed by atoms with Gasteiger partial charge in [-0.15, -0.1) is 0 Å². The highest BCUT2D eigenvalue weighted by molar-refractivity contribution is 7.92. The predicted octanol–water partition coefficient (Wildman–Crippen LogP) is 2.92. The third-order valence-electron chi connectivity index (χ3n) is 5.86. The summed E-state index contributed by atoms with van der Waals surface area (Å²) in [5.41, 5.74) is -0.266. The number of hydrogen-bond acceptors (Lipinski definition) is 6. The summed E-state index contributed by atoms with van der Waals surface area (Å²) in [7, 11) is -1.73. The Hall–Kier alpha value is -2.74. The molecule has 0 unspecified atom stereocenters. The highest BCUT2D eigenvalue weighted by atomic mass is 32.2. The van der Waals surface area contributed by atoms with Gasteiger partial charge < -0.3 is 24.6 Å². The number of nitrogens with one attached hydrogen (secondary N) is 2. The van der Waals surface area contributed by atoms with Crippen LogP contribution in [0.4, 0.5) is 23.7 Å². The molecule has 0 radical (unpaired) electrons. The molecule has 2 rings (SSSR count). The van der Waals surface area contributed by atoms with Crippen LogP contribution < -0.4 is 14.8 Å². The number of urea groups is 1. The van der Waals surface area contributed by atoms with Gasteiger partial charge in [-0.2, -0.15) is 13.2 Å². The molecule has 1 aliphatic heterocycles. The van der Waals surface area contributed by atoms with Crippen molar-refractivity contribution in [2.75, 3.05) is 50.9 Å². The Morgan fingerprint density at radius 3 is 2.51 bits per heavy atom. The first kappa shape index (κ1) is 30.5. The second kappa shape index (κ2) is 12.7. The number of amides is 3. The van der Waals surface area contributed by atoms with Crippen molar-refractivity contribution in [2.24, 2.45) is 5.92 Å². The Morgan fingerprint density at radius 1 is 1.24 bits per heavy atom. The molecule has 0 fully saturated rings. The minimum Gasteiger partial charge on any atom is -0.491 e. The maximum Gasteiger partial charge on any atom is 0.404 e. The first-order valence-electron chi connectivity index (χ1n) is 11.8. The van der Waals surface area contributed by atoms with E-state index in [1.165, 1.54) is 31.2 Å². The lowest BCUT2D eigenvalue weighted by molar-refractivity contribution is -0.106. The van der Waals surface area contributed by atoms with E-state index in [2.05, 4.69) is 5.32 Å². The highest BCUT2D eigenvalue weighted by Gasteiger charge is 2.35. The summed E-state index contributed by atoms with van der Waals surface area (Å²) in [4.78, 5) is 29.2. The zero-order valence-electron chi connectivity index (χ0n) is 21.6. The molecule has 0 spiro atoms. The minimum atomic E-state index is -4.93. The molecular weight excluding hydrogens is 517 g/mol. The maximum atomic E-state index is 13.3. The quantitative estimate of drug-likeness (QED) is 0.561. The average molecular weight is 553 g/mol. The summed E-state index contributed by atoms with van der Waals surface area (Å²) < 4.78 is 75.2. The number of alkyl halides is 3. The Bertz CT molecular complexity index is 1050. The molecule has 1 aliphatic rings. The van der Waals surface area contributed by atoms with E-state index < -0.39 is 40.0 Å². The number of rotatable bonds is 6. The molecule has 3 amide bonds. The summed E-state index contributed by atoms with van der Waals surface area (Å²) in [6.07, 6.45) is -4.62. The molecule has 1 aromatic carbocycles. The predicted molar refractivity (Wildman–Crippen MR) is 132 cm³/mol. The van der Waals surface area contributed by atoms with Gasteiger partial charge in [0.1, 0.15) is 12.4 Å². The van der Waals surface area contributed by atoms with Gasteiger partial charge in [-0.1, -0.05) is 13.8 Å². The lowest BCUT2D eigenvalue weighted by Gasteiger charge is -2.36. The van der Waals surface area contributed by atoms with Gasteiger partial charge in [0.15, 0.2) is 5.75 Å². The number of carbonyl (C=O) groups excluding carboxylic acids is 2. The number of sulfonamides is 1. The fourth-order valence-electron chi connectivity index (χ4n) is 3.89. The Morgan fingerprint density at radius 2 is 1.92 bits per heavy atom. The molecule has 37 heavy (non-hydrogen) atoms. The van der Waals surface area contributed by atoms with Crippen LogP contribution in [0.3, 0.4) is 0 Å². The number of nitrogens with zero attached hydrogens (tertiary/aromatic N) is 2. The first-order chi connectivity index (χ1) is 17.2. The number of fused-ring (bicyclic) bond motifs is 1. The molecule has 0 saturated heterocycles. The fourth-order valence-corrected chi connectivity index (χ4v) is 4.88. The van der Waals surface area contributed by atoms with Gasteiger partial charge in [-0.25, -0.2) is 13.2 Å². The second-order valence-electron chi connectivity index (χ2n) is 9.17. The van der Waals surface area contributed by atoms with Gasteiger partial charge in [-0.3, -0.25) is 9.52 Å². The van der Waals surface area contributed by atoms with E-state index in [0.717, 1.165) is 12.5 Å².